The molecule has 0 saturated carbocycles. The Morgan fingerprint density at radius 2 is 1.71 bits per heavy atom. The second-order valence-corrected chi connectivity index (χ2v) is 3.91. The van der Waals surface area contributed by atoms with Crippen molar-refractivity contribution in [2.45, 2.75) is 6.61 Å². The van der Waals surface area contributed by atoms with Gasteiger partial charge < -0.3 is 4.74 Å². The summed E-state index contributed by atoms with van der Waals surface area (Å²) in [7, 11) is 0. The Labute approximate surface area is 103 Å². The maximum absolute atomic E-state index is 13.3. The Balaban J connectivity index is 2.04. The third-order valence-electron chi connectivity index (χ3n) is 2.22. The van der Waals surface area contributed by atoms with Crippen molar-refractivity contribution in [3.05, 3.63) is 64.7 Å². The van der Waals surface area contributed by atoms with E-state index < -0.39 is 11.6 Å². The molecule has 0 N–H and O–H groups in total. The fourth-order valence-electron chi connectivity index (χ4n) is 1.33. The molecule has 2 aromatic rings. The van der Waals surface area contributed by atoms with Crippen LogP contribution in [0.25, 0.3) is 0 Å². The Morgan fingerprint density at radius 3 is 2.35 bits per heavy atom. The SMILES string of the molecule is Fc1ccc(COc2ccc(Cl)cc2)c(F)c1. The van der Waals surface area contributed by atoms with E-state index in [2.05, 4.69) is 0 Å². The Bertz CT molecular complexity index is 511. The summed E-state index contributed by atoms with van der Waals surface area (Å²) in [6.45, 7) is 0.0494. The lowest BCUT2D eigenvalue weighted by Crippen LogP contribution is -1.98. The first-order chi connectivity index (χ1) is 8.15. The molecule has 17 heavy (non-hydrogen) atoms. The topological polar surface area (TPSA) is 9.23 Å². The lowest BCUT2D eigenvalue weighted by atomic mass is 10.2. The molecule has 0 saturated heterocycles. The summed E-state index contributed by atoms with van der Waals surface area (Å²) in [6.07, 6.45) is 0. The average Bonchev–Trinajstić information content (AvgIpc) is 2.30. The molecule has 0 amide bonds. The zero-order valence-corrected chi connectivity index (χ0v) is 9.55. The molecule has 0 heterocycles. The van der Waals surface area contributed by atoms with Crippen LogP contribution in [0.1, 0.15) is 5.56 Å². The van der Waals surface area contributed by atoms with E-state index in [0.29, 0.717) is 16.3 Å². The van der Waals surface area contributed by atoms with Gasteiger partial charge in [0, 0.05) is 16.7 Å². The monoisotopic (exact) mass is 254 g/mol. The molecule has 88 valence electrons. The highest BCUT2D eigenvalue weighted by atomic mass is 35.5. The summed E-state index contributed by atoms with van der Waals surface area (Å²) in [5, 5.41) is 0.602. The normalized spacial score (nSPS) is 10.3. The quantitative estimate of drug-likeness (QED) is 0.798. The van der Waals surface area contributed by atoms with Crippen molar-refractivity contribution in [1.82, 2.24) is 0 Å². The van der Waals surface area contributed by atoms with Crippen LogP contribution in [0.4, 0.5) is 8.78 Å². The van der Waals surface area contributed by atoms with Crippen LogP contribution in [-0.2, 0) is 6.61 Å². The van der Waals surface area contributed by atoms with Crippen molar-refractivity contribution in [3.63, 3.8) is 0 Å². The molecule has 0 aromatic heterocycles. The lowest BCUT2D eigenvalue weighted by Gasteiger charge is -2.07. The third-order valence-corrected chi connectivity index (χ3v) is 2.48. The van der Waals surface area contributed by atoms with Gasteiger partial charge in [0.2, 0.25) is 0 Å². The van der Waals surface area contributed by atoms with E-state index in [9.17, 15) is 8.78 Å². The van der Waals surface area contributed by atoms with Gasteiger partial charge in [0.15, 0.2) is 0 Å². The molecule has 2 rings (SSSR count). The molecular formula is C13H9ClF2O. The third kappa shape index (κ3) is 3.17. The van der Waals surface area contributed by atoms with Crippen LogP contribution >= 0.6 is 11.6 Å². The Kier molecular flexibility index (Phi) is 3.59. The van der Waals surface area contributed by atoms with Gasteiger partial charge in [-0.25, -0.2) is 8.78 Å². The van der Waals surface area contributed by atoms with Gasteiger partial charge in [-0.05, 0) is 36.4 Å². The number of rotatable bonds is 3. The summed E-state index contributed by atoms with van der Waals surface area (Å²) in [4.78, 5) is 0. The molecule has 2 aromatic carbocycles. The first kappa shape index (κ1) is 11.9. The summed E-state index contributed by atoms with van der Waals surface area (Å²) in [6, 6.07) is 10.1. The fourth-order valence-corrected chi connectivity index (χ4v) is 1.46. The van der Waals surface area contributed by atoms with Gasteiger partial charge in [-0.3, -0.25) is 0 Å². The largest absolute Gasteiger partial charge is 0.489 e. The maximum Gasteiger partial charge on any atom is 0.132 e. The van der Waals surface area contributed by atoms with Crippen LogP contribution in [0.3, 0.4) is 0 Å². The van der Waals surface area contributed by atoms with Crippen LogP contribution in [0, 0.1) is 11.6 Å². The predicted octanol–water partition coefficient (Wildman–Crippen LogP) is 4.20. The molecule has 4 heteroatoms. The molecular weight excluding hydrogens is 246 g/mol. The number of benzene rings is 2. The van der Waals surface area contributed by atoms with Crippen molar-refractivity contribution < 1.29 is 13.5 Å². The molecule has 0 unspecified atom stereocenters. The zero-order chi connectivity index (χ0) is 12.3. The highest BCUT2D eigenvalue weighted by Gasteiger charge is 2.04. The van der Waals surface area contributed by atoms with E-state index in [1.807, 2.05) is 0 Å². The van der Waals surface area contributed by atoms with Crippen molar-refractivity contribution in [3.8, 4) is 5.75 Å². The number of hydrogen-bond acceptors (Lipinski definition) is 1. The highest BCUT2D eigenvalue weighted by Crippen LogP contribution is 2.18. The smallest absolute Gasteiger partial charge is 0.132 e. The minimum absolute atomic E-state index is 0.0494. The van der Waals surface area contributed by atoms with Crippen LogP contribution < -0.4 is 4.74 Å². The minimum Gasteiger partial charge on any atom is -0.489 e. The van der Waals surface area contributed by atoms with E-state index >= 15 is 0 Å². The molecule has 0 radical (unpaired) electrons. The number of ether oxygens (including phenoxy) is 1. The summed E-state index contributed by atoms with van der Waals surface area (Å²) in [5.41, 5.74) is 0.307. The Morgan fingerprint density at radius 1 is 1.00 bits per heavy atom. The van der Waals surface area contributed by atoms with Crippen LogP contribution in [-0.4, -0.2) is 0 Å². The number of halogens is 3. The van der Waals surface area contributed by atoms with Crippen molar-refractivity contribution in [1.29, 1.82) is 0 Å². The second-order valence-electron chi connectivity index (χ2n) is 3.48. The summed E-state index contributed by atoms with van der Waals surface area (Å²) in [5.74, 6) is -0.630. The van der Waals surface area contributed by atoms with Crippen molar-refractivity contribution in [2.24, 2.45) is 0 Å². The van der Waals surface area contributed by atoms with E-state index in [1.54, 1.807) is 24.3 Å². The molecule has 0 atom stereocenters. The first-order valence-electron chi connectivity index (χ1n) is 4.97. The van der Waals surface area contributed by atoms with E-state index in [-0.39, 0.29) is 6.61 Å². The van der Waals surface area contributed by atoms with Gasteiger partial charge in [-0.15, -0.1) is 0 Å². The van der Waals surface area contributed by atoms with Crippen molar-refractivity contribution >= 4 is 11.6 Å². The van der Waals surface area contributed by atoms with E-state index in [4.69, 9.17) is 16.3 Å². The molecule has 1 nitrogen and oxygen atoms in total. The van der Waals surface area contributed by atoms with E-state index in [0.717, 1.165) is 6.07 Å². The number of hydrogen-bond donors (Lipinski definition) is 0. The van der Waals surface area contributed by atoms with Gasteiger partial charge in [-0.2, -0.15) is 0 Å². The lowest BCUT2D eigenvalue weighted by molar-refractivity contribution is 0.299. The van der Waals surface area contributed by atoms with Crippen LogP contribution in [0.15, 0.2) is 42.5 Å². The first-order valence-corrected chi connectivity index (χ1v) is 5.35. The van der Waals surface area contributed by atoms with Gasteiger partial charge >= 0.3 is 0 Å². The maximum atomic E-state index is 13.3. The van der Waals surface area contributed by atoms with E-state index in [1.165, 1.54) is 12.1 Å². The zero-order valence-electron chi connectivity index (χ0n) is 8.79. The fraction of sp³-hybridized carbons (Fsp3) is 0.0769. The molecule has 0 aliphatic heterocycles. The van der Waals surface area contributed by atoms with Gasteiger partial charge in [-0.1, -0.05) is 11.6 Å². The van der Waals surface area contributed by atoms with Gasteiger partial charge in [0.1, 0.15) is 24.0 Å². The van der Waals surface area contributed by atoms with Crippen molar-refractivity contribution in [2.75, 3.05) is 0 Å². The molecule has 0 bridgehead atoms. The summed E-state index contributed by atoms with van der Waals surface area (Å²) < 4.78 is 31.3. The molecule has 0 fully saturated rings. The summed E-state index contributed by atoms with van der Waals surface area (Å²) >= 11 is 5.71. The molecule has 0 aliphatic rings. The average molecular weight is 255 g/mol. The minimum atomic E-state index is -0.612. The van der Waals surface area contributed by atoms with Gasteiger partial charge in [0.05, 0.1) is 0 Å². The molecule has 0 spiro atoms. The van der Waals surface area contributed by atoms with Gasteiger partial charge in [0.25, 0.3) is 0 Å². The Hall–Kier alpha value is -1.61. The predicted molar refractivity (Wildman–Crippen MR) is 62.1 cm³/mol. The van der Waals surface area contributed by atoms with Crippen LogP contribution in [0.2, 0.25) is 5.02 Å². The molecule has 0 aliphatic carbocycles. The van der Waals surface area contributed by atoms with Crippen LogP contribution in [0.5, 0.6) is 5.75 Å². The highest BCUT2D eigenvalue weighted by molar-refractivity contribution is 6.30. The second kappa shape index (κ2) is 5.15. The standard InChI is InChI=1S/C13H9ClF2O/c14-10-2-5-12(6-3-10)17-8-9-1-4-11(15)7-13(9)16/h1-7H,8H2.